The van der Waals surface area contributed by atoms with Gasteiger partial charge in [0.05, 0.1) is 6.61 Å². The molecule has 0 saturated carbocycles. The summed E-state index contributed by atoms with van der Waals surface area (Å²) >= 11 is 0. The largest absolute Gasteiger partial charge is 0.494 e. The van der Waals surface area contributed by atoms with Crippen LogP contribution in [0.5, 0.6) is 5.75 Å². The van der Waals surface area contributed by atoms with E-state index in [4.69, 9.17) is 4.74 Å². The zero-order valence-electron chi connectivity index (χ0n) is 15.2. The van der Waals surface area contributed by atoms with Crippen molar-refractivity contribution in [3.8, 4) is 5.75 Å². The van der Waals surface area contributed by atoms with Crippen molar-refractivity contribution in [1.29, 1.82) is 0 Å². The monoisotopic (exact) mass is 325 g/mol. The van der Waals surface area contributed by atoms with Gasteiger partial charge in [0.25, 0.3) is 0 Å². The highest BCUT2D eigenvalue weighted by atomic mass is 16.5. The molecule has 2 nitrogen and oxygen atoms in total. The summed E-state index contributed by atoms with van der Waals surface area (Å²) in [6.45, 7) is 6.98. The summed E-state index contributed by atoms with van der Waals surface area (Å²) in [5.41, 5.74) is 3.93. The van der Waals surface area contributed by atoms with Gasteiger partial charge in [0.2, 0.25) is 0 Å². The lowest BCUT2D eigenvalue weighted by Crippen LogP contribution is -2.12. The molecule has 0 heterocycles. The molecule has 0 spiro atoms. The van der Waals surface area contributed by atoms with Crippen molar-refractivity contribution in [3.63, 3.8) is 0 Å². The second-order valence-electron chi connectivity index (χ2n) is 6.50. The SMILES string of the molecule is CCCCCCCOc1ccc(CNCc2cccc(C)c2)cc1. The highest BCUT2D eigenvalue weighted by Gasteiger charge is 1.98. The number of unbranched alkanes of at least 4 members (excludes halogenated alkanes) is 4. The molecule has 130 valence electrons. The van der Waals surface area contributed by atoms with Gasteiger partial charge in [-0.05, 0) is 36.6 Å². The third-order valence-electron chi connectivity index (χ3n) is 4.18. The van der Waals surface area contributed by atoms with Crippen LogP contribution in [0.25, 0.3) is 0 Å². The maximum atomic E-state index is 5.81. The third-order valence-corrected chi connectivity index (χ3v) is 4.18. The molecule has 0 amide bonds. The van der Waals surface area contributed by atoms with Crippen LogP contribution in [0.1, 0.15) is 55.7 Å². The summed E-state index contributed by atoms with van der Waals surface area (Å²) in [7, 11) is 0. The van der Waals surface area contributed by atoms with E-state index in [1.54, 1.807) is 0 Å². The molecular weight excluding hydrogens is 294 g/mol. The average Bonchev–Trinajstić information content (AvgIpc) is 2.59. The van der Waals surface area contributed by atoms with Gasteiger partial charge in [-0.15, -0.1) is 0 Å². The normalized spacial score (nSPS) is 10.8. The van der Waals surface area contributed by atoms with Gasteiger partial charge in [0.15, 0.2) is 0 Å². The standard InChI is InChI=1S/C22H31NO/c1-3-4-5-6-7-15-24-22-13-11-20(12-14-22)17-23-18-21-10-8-9-19(2)16-21/h8-14,16,23H,3-7,15,17-18H2,1-2H3. The van der Waals surface area contributed by atoms with Crippen molar-refractivity contribution in [2.24, 2.45) is 0 Å². The quantitative estimate of drug-likeness (QED) is 0.540. The van der Waals surface area contributed by atoms with Crippen molar-refractivity contribution in [2.75, 3.05) is 6.61 Å². The highest BCUT2D eigenvalue weighted by molar-refractivity contribution is 5.27. The first-order valence-corrected chi connectivity index (χ1v) is 9.26. The van der Waals surface area contributed by atoms with Crippen LogP contribution in [-0.4, -0.2) is 6.61 Å². The Bertz CT molecular complexity index is 577. The second kappa shape index (κ2) is 10.9. The van der Waals surface area contributed by atoms with Crippen LogP contribution in [0.15, 0.2) is 48.5 Å². The van der Waals surface area contributed by atoms with Gasteiger partial charge in [0.1, 0.15) is 5.75 Å². The summed E-state index contributed by atoms with van der Waals surface area (Å²) in [5, 5.41) is 3.50. The number of aryl methyl sites for hydroxylation is 1. The summed E-state index contributed by atoms with van der Waals surface area (Å²) in [6.07, 6.45) is 6.38. The van der Waals surface area contributed by atoms with E-state index < -0.39 is 0 Å². The van der Waals surface area contributed by atoms with Crippen molar-refractivity contribution >= 4 is 0 Å². The Balaban J connectivity index is 1.64. The zero-order chi connectivity index (χ0) is 17.0. The maximum Gasteiger partial charge on any atom is 0.119 e. The second-order valence-corrected chi connectivity index (χ2v) is 6.50. The van der Waals surface area contributed by atoms with Crippen LogP contribution < -0.4 is 10.1 Å². The molecule has 2 aromatic carbocycles. The summed E-state index contributed by atoms with van der Waals surface area (Å²) in [5.74, 6) is 0.980. The lowest BCUT2D eigenvalue weighted by molar-refractivity contribution is 0.304. The van der Waals surface area contributed by atoms with E-state index in [2.05, 4.69) is 67.7 Å². The number of benzene rings is 2. The topological polar surface area (TPSA) is 21.3 Å². The molecule has 0 bridgehead atoms. The van der Waals surface area contributed by atoms with E-state index in [0.29, 0.717) is 0 Å². The first kappa shape index (κ1) is 18.5. The van der Waals surface area contributed by atoms with Gasteiger partial charge in [-0.2, -0.15) is 0 Å². The Morgan fingerprint density at radius 3 is 2.33 bits per heavy atom. The van der Waals surface area contributed by atoms with Crippen LogP contribution in [0.3, 0.4) is 0 Å². The molecule has 0 aliphatic rings. The minimum atomic E-state index is 0.828. The summed E-state index contributed by atoms with van der Waals surface area (Å²) in [4.78, 5) is 0. The van der Waals surface area contributed by atoms with Gasteiger partial charge in [-0.1, -0.05) is 74.6 Å². The third kappa shape index (κ3) is 7.18. The van der Waals surface area contributed by atoms with Crippen molar-refractivity contribution in [3.05, 3.63) is 65.2 Å². The first-order chi connectivity index (χ1) is 11.8. The molecule has 0 atom stereocenters. The fraction of sp³-hybridized carbons (Fsp3) is 0.455. The van der Waals surface area contributed by atoms with Crippen LogP contribution in [-0.2, 0) is 13.1 Å². The van der Waals surface area contributed by atoms with E-state index in [1.807, 2.05) is 0 Å². The van der Waals surface area contributed by atoms with Crippen LogP contribution in [0.4, 0.5) is 0 Å². The number of ether oxygens (including phenoxy) is 1. The minimum absolute atomic E-state index is 0.828. The van der Waals surface area contributed by atoms with E-state index in [-0.39, 0.29) is 0 Å². The predicted octanol–water partition coefficient (Wildman–Crippen LogP) is 5.63. The Morgan fingerprint density at radius 1 is 0.833 bits per heavy atom. The summed E-state index contributed by atoms with van der Waals surface area (Å²) < 4.78 is 5.81. The van der Waals surface area contributed by atoms with Crippen LogP contribution >= 0.6 is 0 Å². The van der Waals surface area contributed by atoms with E-state index >= 15 is 0 Å². The molecule has 1 N–H and O–H groups in total. The van der Waals surface area contributed by atoms with E-state index in [0.717, 1.165) is 31.9 Å². The molecule has 2 rings (SSSR count). The number of hydrogen-bond donors (Lipinski definition) is 1. The maximum absolute atomic E-state index is 5.81. The highest BCUT2D eigenvalue weighted by Crippen LogP contribution is 2.13. The van der Waals surface area contributed by atoms with E-state index in [9.17, 15) is 0 Å². The van der Waals surface area contributed by atoms with Gasteiger partial charge in [-0.25, -0.2) is 0 Å². The van der Waals surface area contributed by atoms with Crippen molar-refractivity contribution in [2.45, 2.75) is 59.0 Å². The Morgan fingerprint density at radius 2 is 1.58 bits per heavy atom. The Labute approximate surface area is 147 Å². The molecule has 0 aromatic heterocycles. The van der Waals surface area contributed by atoms with E-state index in [1.165, 1.54) is 42.4 Å². The minimum Gasteiger partial charge on any atom is -0.494 e. The zero-order valence-corrected chi connectivity index (χ0v) is 15.2. The number of nitrogens with one attached hydrogen (secondary N) is 1. The van der Waals surface area contributed by atoms with Crippen molar-refractivity contribution < 1.29 is 4.74 Å². The molecule has 2 heteroatoms. The lowest BCUT2D eigenvalue weighted by Gasteiger charge is -2.08. The molecule has 0 unspecified atom stereocenters. The Kier molecular flexibility index (Phi) is 8.40. The molecule has 0 aliphatic heterocycles. The molecule has 0 radical (unpaired) electrons. The molecular formula is C22H31NO. The van der Waals surface area contributed by atoms with Crippen molar-refractivity contribution in [1.82, 2.24) is 5.32 Å². The number of hydrogen-bond acceptors (Lipinski definition) is 2. The summed E-state index contributed by atoms with van der Waals surface area (Å²) in [6, 6.07) is 17.1. The number of rotatable bonds is 11. The fourth-order valence-corrected chi connectivity index (χ4v) is 2.77. The smallest absolute Gasteiger partial charge is 0.119 e. The van der Waals surface area contributed by atoms with Crippen LogP contribution in [0, 0.1) is 6.92 Å². The molecule has 0 fully saturated rings. The fourth-order valence-electron chi connectivity index (χ4n) is 2.77. The molecule has 2 aromatic rings. The molecule has 0 saturated heterocycles. The van der Waals surface area contributed by atoms with Gasteiger partial charge >= 0.3 is 0 Å². The average molecular weight is 325 g/mol. The van der Waals surface area contributed by atoms with Crippen LogP contribution in [0.2, 0.25) is 0 Å². The van der Waals surface area contributed by atoms with Gasteiger partial charge in [0, 0.05) is 13.1 Å². The van der Waals surface area contributed by atoms with Gasteiger partial charge < -0.3 is 10.1 Å². The first-order valence-electron chi connectivity index (χ1n) is 9.26. The lowest BCUT2D eigenvalue weighted by atomic mass is 10.1. The van der Waals surface area contributed by atoms with Gasteiger partial charge in [-0.3, -0.25) is 0 Å². The molecule has 0 aliphatic carbocycles. The predicted molar refractivity (Wildman–Crippen MR) is 102 cm³/mol. The Hall–Kier alpha value is -1.80. The molecule has 24 heavy (non-hydrogen) atoms.